The number of unbranched alkanes of at least 4 members (excludes halogenated alkanes) is 1. The van der Waals surface area contributed by atoms with E-state index in [1.165, 1.54) is 0 Å². The van der Waals surface area contributed by atoms with Crippen LogP contribution >= 0.6 is 35.8 Å². The molecule has 1 atom stereocenters. The summed E-state index contributed by atoms with van der Waals surface area (Å²) in [6, 6.07) is 5.59. The van der Waals surface area contributed by atoms with Gasteiger partial charge in [0.25, 0.3) is 7.48 Å². The number of hydrogen-bond acceptors (Lipinski definition) is 3. The van der Waals surface area contributed by atoms with Crippen LogP contribution in [0, 0.1) is 11.3 Å². The monoisotopic (exact) mass is 614 g/mol. The molecule has 1 rings (SSSR count). The Labute approximate surface area is 264 Å². The van der Waals surface area contributed by atoms with Crippen LogP contribution in [0.25, 0.3) is 0 Å². The number of rotatable bonds is 15. The van der Waals surface area contributed by atoms with E-state index in [0.717, 1.165) is 66.9 Å². The van der Waals surface area contributed by atoms with Crippen LogP contribution in [0.3, 0.4) is 0 Å². The third-order valence-electron chi connectivity index (χ3n) is 7.88. The highest BCUT2D eigenvalue weighted by atomic mass is 35.5. The van der Waals surface area contributed by atoms with Crippen molar-refractivity contribution in [3.05, 3.63) is 33.8 Å². The number of benzene rings is 1. The topological polar surface area (TPSA) is 38.3 Å². The fourth-order valence-electron chi connectivity index (χ4n) is 4.66. The molecular weight excluding hydrogens is 556 g/mol. The second kappa shape index (κ2) is 17.7. The molecule has 231 valence electrons. The zero-order chi connectivity index (χ0) is 31.4. The minimum absolute atomic E-state index is 0.200. The number of carbonyl (C=O) groups excluding carboxylic acids is 1. The average molecular weight is 616 g/mol. The Morgan fingerprint density at radius 1 is 0.950 bits per heavy atom. The number of thiol groups is 1. The summed E-state index contributed by atoms with van der Waals surface area (Å²) in [6.07, 6.45) is 8.36. The third-order valence-corrected chi connectivity index (χ3v) is 9.08. The van der Waals surface area contributed by atoms with Crippen molar-refractivity contribution >= 4 is 49.2 Å². The molecular formula is C33H59BCl2NO2S. The van der Waals surface area contributed by atoms with Crippen molar-refractivity contribution in [1.82, 2.24) is 5.32 Å². The molecule has 1 aromatic carbocycles. The summed E-state index contributed by atoms with van der Waals surface area (Å²) in [5.41, 5.74) is 0.210. The maximum atomic E-state index is 13.3. The molecule has 1 amide bonds. The zero-order valence-electron chi connectivity index (χ0n) is 27.6. The first kappa shape index (κ1) is 39.6. The van der Waals surface area contributed by atoms with Crippen LogP contribution in [0.2, 0.25) is 16.4 Å². The first-order valence-corrected chi connectivity index (χ1v) is 16.4. The summed E-state index contributed by atoms with van der Waals surface area (Å²) >= 11 is 16.5. The molecule has 0 aromatic heterocycles. The maximum Gasteiger partial charge on any atom is 0.293 e. The van der Waals surface area contributed by atoms with Crippen molar-refractivity contribution in [2.75, 3.05) is 0 Å². The molecule has 0 aliphatic rings. The van der Waals surface area contributed by atoms with Gasteiger partial charge in [-0.3, -0.25) is 4.79 Å². The van der Waals surface area contributed by atoms with Crippen LogP contribution < -0.4 is 5.32 Å². The van der Waals surface area contributed by atoms with Crippen LogP contribution in [-0.4, -0.2) is 29.3 Å². The third kappa shape index (κ3) is 13.7. The van der Waals surface area contributed by atoms with Crippen molar-refractivity contribution in [3.8, 4) is 0 Å². The highest BCUT2D eigenvalue weighted by Gasteiger charge is 2.41. The molecule has 1 unspecified atom stereocenters. The van der Waals surface area contributed by atoms with Gasteiger partial charge >= 0.3 is 0 Å². The lowest BCUT2D eigenvalue weighted by molar-refractivity contribution is -0.136. The van der Waals surface area contributed by atoms with Gasteiger partial charge in [0.1, 0.15) is 0 Å². The Hall–Kier alpha value is -0.355. The predicted octanol–water partition coefficient (Wildman–Crippen LogP) is 11.0. The van der Waals surface area contributed by atoms with Gasteiger partial charge in [-0.15, -0.1) is 0 Å². The Kier molecular flexibility index (Phi) is 17.5. The molecule has 0 heterocycles. The quantitative estimate of drug-likeness (QED) is 0.117. The minimum Gasteiger partial charge on any atom is -0.434 e. The molecule has 0 saturated carbocycles. The van der Waals surface area contributed by atoms with Gasteiger partial charge in [-0.25, -0.2) is 0 Å². The first-order chi connectivity index (χ1) is 18.2. The molecule has 7 heteroatoms. The number of halogens is 2. The summed E-state index contributed by atoms with van der Waals surface area (Å²) in [6.45, 7) is 25.3. The van der Waals surface area contributed by atoms with Gasteiger partial charge in [-0.1, -0.05) is 95.9 Å². The van der Waals surface area contributed by atoms with E-state index in [1.54, 1.807) is 0 Å². The summed E-state index contributed by atoms with van der Waals surface area (Å²) in [4.78, 5) is 13.3. The van der Waals surface area contributed by atoms with Crippen molar-refractivity contribution in [2.24, 2.45) is 11.3 Å². The van der Waals surface area contributed by atoms with Crippen molar-refractivity contribution in [2.45, 2.75) is 156 Å². The standard InChI is InChI=1S/C24H49BNO2S.C9H10Cl2/c1-11-15-19(16-12-2)24(10,20(27)26-21(3,4)5)17-13-14-18-25-28-22(6,7)23(8,9)29;1-6(2)9-7(10)4-3-5-8(9)11/h19,29H,11-18H2,1-10H3,(H,26,27);3-6H,1-2H3. The lowest BCUT2D eigenvalue weighted by Gasteiger charge is -2.39. The molecule has 0 fully saturated rings. The van der Waals surface area contributed by atoms with Crippen LogP contribution in [0.5, 0.6) is 0 Å². The Balaban J connectivity index is 0.00000114. The van der Waals surface area contributed by atoms with E-state index < -0.39 is 0 Å². The highest BCUT2D eigenvalue weighted by molar-refractivity contribution is 7.81. The van der Waals surface area contributed by atoms with E-state index in [4.69, 9.17) is 27.9 Å². The van der Waals surface area contributed by atoms with E-state index in [2.05, 4.69) is 101 Å². The van der Waals surface area contributed by atoms with E-state index in [1.807, 2.05) is 25.7 Å². The minimum atomic E-state index is -0.315. The van der Waals surface area contributed by atoms with Gasteiger partial charge in [0.2, 0.25) is 5.91 Å². The van der Waals surface area contributed by atoms with Crippen LogP contribution in [0.4, 0.5) is 0 Å². The SMILES string of the molecule is CC(C)c1c(Cl)cccc1Cl.CCCC(CCC)C(C)(CCCC[B]OC(C)(C)C(C)(C)S)C(=O)NC(C)(C)C. The van der Waals surface area contributed by atoms with Crippen LogP contribution in [0.15, 0.2) is 18.2 Å². The molecule has 0 saturated heterocycles. The molecule has 1 aromatic rings. The zero-order valence-corrected chi connectivity index (χ0v) is 30.0. The number of hydrogen-bond donors (Lipinski definition) is 2. The largest absolute Gasteiger partial charge is 0.434 e. The van der Waals surface area contributed by atoms with Gasteiger partial charge < -0.3 is 9.97 Å². The van der Waals surface area contributed by atoms with E-state index >= 15 is 0 Å². The summed E-state index contributed by atoms with van der Waals surface area (Å²) in [5.74, 6) is 1.04. The lowest BCUT2D eigenvalue weighted by atomic mass is 9.68. The van der Waals surface area contributed by atoms with Gasteiger partial charge in [-0.2, -0.15) is 12.6 Å². The smallest absolute Gasteiger partial charge is 0.293 e. The van der Waals surface area contributed by atoms with E-state index in [-0.39, 0.29) is 27.2 Å². The normalized spacial score (nSPS) is 14.0. The van der Waals surface area contributed by atoms with E-state index in [0.29, 0.717) is 11.8 Å². The second-order valence-corrected chi connectivity index (χ2v) is 15.7. The summed E-state index contributed by atoms with van der Waals surface area (Å²) in [7, 11) is 1.93. The molecule has 0 spiro atoms. The molecule has 0 aliphatic carbocycles. The van der Waals surface area contributed by atoms with Crippen LogP contribution in [0.1, 0.15) is 140 Å². The van der Waals surface area contributed by atoms with Crippen molar-refractivity contribution in [1.29, 1.82) is 0 Å². The van der Waals surface area contributed by atoms with Crippen LogP contribution in [-0.2, 0) is 9.45 Å². The fraction of sp³-hybridized carbons (Fsp3) is 0.788. The highest BCUT2D eigenvalue weighted by Crippen LogP contribution is 2.40. The summed E-state index contributed by atoms with van der Waals surface area (Å²) < 4.78 is 5.78. The Morgan fingerprint density at radius 3 is 1.82 bits per heavy atom. The number of nitrogens with one attached hydrogen (secondary N) is 1. The molecule has 0 aliphatic heterocycles. The first-order valence-electron chi connectivity index (χ1n) is 15.2. The summed E-state index contributed by atoms with van der Waals surface area (Å²) in [5, 5.41) is 4.78. The maximum absolute atomic E-state index is 13.3. The van der Waals surface area contributed by atoms with Crippen molar-refractivity contribution in [3.63, 3.8) is 0 Å². The lowest BCUT2D eigenvalue weighted by Crippen LogP contribution is -2.51. The average Bonchev–Trinajstić information content (AvgIpc) is 2.79. The van der Waals surface area contributed by atoms with Gasteiger partial charge in [0, 0.05) is 25.7 Å². The molecule has 1 radical (unpaired) electrons. The Bertz CT molecular complexity index is 854. The second-order valence-electron chi connectivity index (χ2n) is 13.8. The predicted molar refractivity (Wildman–Crippen MR) is 183 cm³/mol. The van der Waals surface area contributed by atoms with Gasteiger partial charge in [0.15, 0.2) is 0 Å². The van der Waals surface area contributed by atoms with E-state index in [9.17, 15) is 4.79 Å². The molecule has 0 bridgehead atoms. The fourth-order valence-corrected chi connectivity index (χ4v) is 5.55. The molecule has 1 N–H and O–H groups in total. The molecule has 40 heavy (non-hydrogen) atoms. The Morgan fingerprint density at radius 2 is 1.45 bits per heavy atom. The van der Waals surface area contributed by atoms with Crippen molar-refractivity contribution < 1.29 is 9.45 Å². The molecule has 3 nitrogen and oxygen atoms in total. The number of carbonyl (C=O) groups is 1. The number of amides is 1. The van der Waals surface area contributed by atoms with Gasteiger partial charge in [0.05, 0.1) is 5.60 Å². The van der Waals surface area contributed by atoms with Gasteiger partial charge in [-0.05, 0) is 97.3 Å².